The topological polar surface area (TPSA) is 55.8 Å². The van der Waals surface area contributed by atoms with E-state index in [4.69, 9.17) is 9.47 Å². The van der Waals surface area contributed by atoms with Crippen LogP contribution in [0.4, 0.5) is 0 Å². The van der Waals surface area contributed by atoms with Crippen molar-refractivity contribution >= 4 is 5.78 Å². The van der Waals surface area contributed by atoms with Crippen molar-refractivity contribution in [1.82, 2.24) is 0 Å². The molecule has 1 heterocycles. The Kier molecular flexibility index (Phi) is 7.02. The first-order valence-electron chi connectivity index (χ1n) is 9.64. The Balaban J connectivity index is 1.50. The lowest BCUT2D eigenvalue weighted by Crippen LogP contribution is -2.29. The average molecular weight is 346 g/mol. The Morgan fingerprint density at radius 2 is 2.04 bits per heavy atom. The van der Waals surface area contributed by atoms with Gasteiger partial charge < -0.3 is 14.6 Å². The van der Waals surface area contributed by atoms with E-state index in [1.165, 1.54) is 6.42 Å². The minimum atomic E-state index is 0.0125. The van der Waals surface area contributed by atoms with Gasteiger partial charge in [-0.2, -0.15) is 0 Å². The van der Waals surface area contributed by atoms with Gasteiger partial charge in [-0.05, 0) is 49.5 Å². The van der Waals surface area contributed by atoms with Crippen molar-refractivity contribution in [2.45, 2.75) is 51.2 Å². The van der Waals surface area contributed by atoms with E-state index < -0.39 is 0 Å². The maximum atomic E-state index is 12.5. The average Bonchev–Trinajstić information content (AvgIpc) is 2.95. The fraction of sp³-hybridized carbons (Fsp3) is 0.667. The number of ketones is 1. The summed E-state index contributed by atoms with van der Waals surface area (Å²) in [5, 5.41) is 9.70. The zero-order valence-electron chi connectivity index (χ0n) is 14.9. The molecule has 25 heavy (non-hydrogen) atoms. The lowest BCUT2D eigenvalue weighted by Gasteiger charge is -2.30. The van der Waals surface area contributed by atoms with Crippen LogP contribution in [0.1, 0.15) is 44.1 Å². The Labute approximate surface area is 150 Å². The van der Waals surface area contributed by atoms with Crippen molar-refractivity contribution in [2.24, 2.45) is 17.8 Å². The zero-order chi connectivity index (χ0) is 17.5. The summed E-state index contributed by atoms with van der Waals surface area (Å²) in [4.78, 5) is 12.5. The summed E-state index contributed by atoms with van der Waals surface area (Å²) in [5.74, 6) is 0.639. The first kappa shape index (κ1) is 18.6. The SMILES string of the molecule is O=C1CC(CO)C(CC2CCCCO2)C1CCOCc1ccccc1. The van der Waals surface area contributed by atoms with E-state index in [0.717, 1.165) is 37.9 Å². The summed E-state index contributed by atoms with van der Waals surface area (Å²) in [6.45, 7) is 2.11. The number of rotatable bonds is 8. The lowest BCUT2D eigenvalue weighted by molar-refractivity contribution is -0.122. The third-order valence-corrected chi connectivity index (χ3v) is 5.73. The Morgan fingerprint density at radius 3 is 2.76 bits per heavy atom. The van der Waals surface area contributed by atoms with E-state index in [1.54, 1.807) is 0 Å². The number of ether oxygens (including phenoxy) is 2. The second-order valence-electron chi connectivity index (χ2n) is 7.43. The molecule has 1 N–H and O–H groups in total. The molecule has 2 aliphatic rings. The first-order chi connectivity index (χ1) is 12.3. The number of hydrogen-bond acceptors (Lipinski definition) is 4. The van der Waals surface area contributed by atoms with E-state index in [0.29, 0.717) is 25.4 Å². The van der Waals surface area contributed by atoms with Crippen molar-refractivity contribution in [3.63, 3.8) is 0 Å². The van der Waals surface area contributed by atoms with Crippen LogP contribution in [0.25, 0.3) is 0 Å². The van der Waals surface area contributed by atoms with Gasteiger partial charge in [0.2, 0.25) is 0 Å². The normalized spacial score (nSPS) is 29.9. The third kappa shape index (κ3) is 5.13. The van der Waals surface area contributed by atoms with Gasteiger partial charge in [-0.1, -0.05) is 30.3 Å². The van der Waals surface area contributed by atoms with Crippen LogP contribution >= 0.6 is 0 Å². The van der Waals surface area contributed by atoms with Crippen LogP contribution in [-0.4, -0.2) is 36.8 Å². The number of aliphatic hydroxyl groups excluding tert-OH is 1. The monoisotopic (exact) mass is 346 g/mol. The molecule has 4 atom stereocenters. The van der Waals surface area contributed by atoms with Gasteiger partial charge in [-0.25, -0.2) is 0 Å². The fourth-order valence-electron chi connectivity index (χ4n) is 4.33. The molecular weight excluding hydrogens is 316 g/mol. The van der Waals surface area contributed by atoms with Crippen LogP contribution in [-0.2, 0) is 20.9 Å². The highest BCUT2D eigenvalue weighted by molar-refractivity contribution is 5.83. The molecule has 138 valence electrons. The maximum absolute atomic E-state index is 12.5. The molecule has 1 aliphatic heterocycles. The summed E-state index contributed by atoms with van der Waals surface area (Å²) in [6.07, 6.45) is 5.85. The number of hydrogen-bond donors (Lipinski definition) is 1. The van der Waals surface area contributed by atoms with E-state index >= 15 is 0 Å². The molecule has 1 saturated carbocycles. The predicted molar refractivity (Wildman–Crippen MR) is 96.1 cm³/mol. The van der Waals surface area contributed by atoms with Crippen molar-refractivity contribution in [1.29, 1.82) is 0 Å². The molecule has 1 aromatic carbocycles. The molecule has 4 unspecified atom stereocenters. The summed E-state index contributed by atoms with van der Waals surface area (Å²) in [6, 6.07) is 10.1. The summed E-state index contributed by atoms with van der Waals surface area (Å²) in [5.41, 5.74) is 1.15. The number of benzene rings is 1. The Bertz CT molecular complexity index is 524. The van der Waals surface area contributed by atoms with Crippen molar-refractivity contribution in [3.05, 3.63) is 35.9 Å². The van der Waals surface area contributed by atoms with Crippen LogP contribution in [0.15, 0.2) is 30.3 Å². The largest absolute Gasteiger partial charge is 0.396 e. The van der Waals surface area contributed by atoms with Gasteiger partial charge in [0.25, 0.3) is 0 Å². The quantitative estimate of drug-likeness (QED) is 0.733. The molecule has 0 amide bonds. The third-order valence-electron chi connectivity index (χ3n) is 5.73. The molecule has 0 aromatic heterocycles. The molecule has 0 bridgehead atoms. The Hall–Kier alpha value is -1.23. The minimum absolute atomic E-state index is 0.0125. The van der Waals surface area contributed by atoms with Crippen LogP contribution in [0.5, 0.6) is 0 Å². The predicted octanol–water partition coefficient (Wildman–Crippen LogP) is 3.37. The number of carbonyl (C=O) groups is 1. The zero-order valence-corrected chi connectivity index (χ0v) is 14.9. The van der Waals surface area contributed by atoms with Gasteiger partial charge in [-0.15, -0.1) is 0 Å². The second-order valence-corrected chi connectivity index (χ2v) is 7.43. The number of carbonyl (C=O) groups excluding carboxylic acids is 1. The number of Topliss-reactive ketones (excluding diaryl/α,β-unsaturated/α-hetero) is 1. The molecule has 1 aromatic rings. The molecule has 1 saturated heterocycles. The minimum Gasteiger partial charge on any atom is -0.396 e. The molecule has 2 fully saturated rings. The smallest absolute Gasteiger partial charge is 0.136 e. The summed E-state index contributed by atoms with van der Waals surface area (Å²) >= 11 is 0. The van der Waals surface area contributed by atoms with E-state index in [1.807, 2.05) is 30.3 Å². The van der Waals surface area contributed by atoms with Crippen molar-refractivity contribution in [3.8, 4) is 0 Å². The molecule has 3 rings (SSSR count). The molecule has 4 heteroatoms. The second kappa shape index (κ2) is 9.46. The van der Waals surface area contributed by atoms with E-state index in [9.17, 15) is 9.90 Å². The van der Waals surface area contributed by atoms with Crippen LogP contribution in [0.3, 0.4) is 0 Å². The highest BCUT2D eigenvalue weighted by Crippen LogP contribution is 2.40. The van der Waals surface area contributed by atoms with Crippen LogP contribution < -0.4 is 0 Å². The van der Waals surface area contributed by atoms with Gasteiger partial charge in [0.15, 0.2) is 0 Å². The first-order valence-corrected chi connectivity index (χ1v) is 9.64. The molecule has 0 radical (unpaired) electrons. The molecule has 0 spiro atoms. The van der Waals surface area contributed by atoms with Crippen molar-refractivity contribution in [2.75, 3.05) is 19.8 Å². The number of aliphatic hydroxyl groups is 1. The Morgan fingerprint density at radius 1 is 1.20 bits per heavy atom. The summed E-state index contributed by atoms with van der Waals surface area (Å²) in [7, 11) is 0. The van der Waals surface area contributed by atoms with E-state index in [-0.39, 0.29) is 30.5 Å². The highest BCUT2D eigenvalue weighted by Gasteiger charge is 2.42. The molecule has 1 aliphatic carbocycles. The van der Waals surface area contributed by atoms with Gasteiger partial charge in [-0.3, -0.25) is 4.79 Å². The summed E-state index contributed by atoms with van der Waals surface area (Å²) < 4.78 is 11.7. The maximum Gasteiger partial charge on any atom is 0.136 e. The van der Waals surface area contributed by atoms with Gasteiger partial charge in [0, 0.05) is 32.2 Å². The highest BCUT2D eigenvalue weighted by atomic mass is 16.5. The van der Waals surface area contributed by atoms with E-state index in [2.05, 4.69) is 0 Å². The van der Waals surface area contributed by atoms with Gasteiger partial charge >= 0.3 is 0 Å². The van der Waals surface area contributed by atoms with Crippen molar-refractivity contribution < 1.29 is 19.4 Å². The van der Waals surface area contributed by atoms with Gasteiger partial charge in [0.1, 0.15) is 5.78 Å². The molecule has 4 nitrogen and oxygen atoms in total. The van der Waals surface area contributed by atoms with Crippen LogP contribution in [0, 0.1) is 17.8 Å². The standard InChI is InChI=1S/C21H30O4/c22-14-17-12-21(23)19(20(17)13-18-8-4-5-10-25-18)9-11-24-15-16-6-2-1-3-7-16/h1-3,6-7,17-20,22H,4-5,8-15H2. The molecular formula is C21H30O4. The lowest BCUT2D eigenvalue weighted by atomic mass is 9.82. The van der Waals surface area contributed by atoms with Crippen LogP contribution in [0.2, 0.25) is 0 Å². The van der Waals surface area contributed by atoms with Gasteiger partial charge in [0.05, 0.1) is 12.7 Å². The fourth-order valence-corrected chi connectivity index (χ4v) is 4.33.